The molecule has 0 saturated heterocycles. The molecule has 0 radical (unpaired) electrons. The Morgan fingerprint density at radius 2 is 2.11 bits per heavy atom. The number of imidazole rings is 1. The van der Waals surface area contributed by atoms with Crippen LogP contribution in [0.4, 0.5) is 5.69 Å². The number of amides is 1. The van der Waals surface area contributed by atoms with Crippen molar-refractivity contribution in [1.82, 2.24) is 9.55 Å². The second-order valence-corrected chi connectivity index (χ2v) is 4.17. The highest BCUT2D eigenvalue weighted by Crippen LogP contribution is 2.20. The Labute approximate surface area is 113 Å². The van der Waals surface area contributed by atoms with Gasteiger partial charge in [-0.1, -0.05) is 23.7 Å². The highest BCUT2D eigenvalue weighted by atomic mass is 35.5. The molecule has 1 amide bonds. The van der Waals surface area contributed by atoms with Crippen molar-refractivity contribution in [3.8, 4) is 0 Å². The summed E-state index contributed by atoms with van der Waals surface area (Å²) in [5.74, 6) is -1.45. The first kappa shape index (κ1) is 13.1. The van der Waals surface area contributed by atoms with Crippen LogP contribution in [0.2, 0.25) is 5.02 Å². The second kappa shape index (κ2) is 5.53. The Morgan fingerprint density at radius 3 is 2.74 bits per heavy atom. The fourth-order valence-electron chi connectivity index (χ4n) is 1.48. The van der Waals surface area contributed by atoms with Crippen LogP contribution in [0.5, 0.6) is 0 Å². The minimum absolute atomic E-state index is 0.0362. The Balaban J connectivity index is 2.01. The average Bonchev–Trinajstić information content (AvgIpc) is 2.80. The molecule has 0 aliphatic heterocycles. The second-order valence-electron chi connectivity index (χ2n) is 3.76. The van der Waals surface area contributed by atoms with Gasteiger partial charge in [-0.25, -0.2) is 9.78 Å². The molecule has 0 spiro atoms. The molecule has 2 N–H and O–H groups in total. The van der Waals surface area contributed by atoms with Crippen LogP contribution in [-0.2, 0) is 11.3 Å². The van der Waals surface area contributed by atoms with Gasteiger partial charge in [-0.3, -0.25) is 4.79 Å². The summed E-state index contributed by atoms with van der Waals surface area (Å²) in [5, 5.41) is 11.8. The van der Waals surface area contributed by atoms with Gasteiger partial charge < -0.3 is 15.0 Å². The number of nitrogens with zero attached hydrogens (tertiary/aromatic N) is 2. The predicted octanol–water partition coefficient (Wildman–Crippen LogP) is 1.87. The summed E-state index contributed by atoms with van der Waals surface area (Å²) in [6.45, 7) is -0.0362. The maximum atomic E-state index is 11.7. The number of anilines is 1. The molecule has 0 aliphatic rings. The number of benzene rings is 1. The molecule has 7 heteroatoms. The van der Waals surface area contributed by atoms with Crippen molar-refractivity contribution in [3.63, 3.8) is 0 Å². The van der Waals surface area contributed by atoms with E-state index in [-0.39, 0.29) is 18.1 Å². The summed E-state index contributed by atoms with van der Waals surface area (Å²) in [7, 11) is 0. The zero-order valence-electron chi connectivity index (χ0n) is 9.71. The third kappa shape index (κ3) is 3.32. The minimum Gasteiger partial charge on any atom is -0.476 e. The van der Waals surface area contributed by atoms with Crippen molar-refractivity contribution < 1.29 is 14.7 Å². The average molecular weight is 280 g/mol. The van der Waals surface area contributed by atoms with E-state index in [1.807, 2.05) is 0 Å². The number of hydrogen-bond acceptors (Lipinski definition) is 3. The van der Waals surface area contributed by atoms with Gasteiger partial charge in [0.1, 0.15) is 6.54 Å². The lowest BCUT2D eigenvalue weighted by molar-refractivity contribution is -0.116. The number of carboxylic acid groups (broad SMARTS) is 1. The molecule has 2 rings (SSSR count). The number of rotatable bonds is 4. The topological polar surface area (TPSA) is 84.2 Å². The quantitative estimate of drug-likeness (QED) is 0.895. The third-order valence-electron chi connectivity index (χ3n) is 2.33. The summed E-state index contributed by atoms with van der Waals surface area (Å²) in [6, 6.07) is 6.85. The molecule has 6 nitrogen and oxygen atoms in total. The highest BCUT2D eigenvalue weighted by molar-refractivity contribution is 6.33. The smallest absolute Gasteiger partial charge is 0.356 e. The lowest BCUT2D eigenvalue weighted by Gasteiger charge is -2.06. The van der Waals surface area contributed by atoms with E-state index in [2.05, 4.69) is 10.3 Å². The number of carbonyl (C=O) groups excluding carboxylic acids is 1. The summed E-state index contributed by atoms with van der Waals surface area (Å²) in [6.07, 6.45) is 2.57. The van der Waals surface area contributed by atoms with Crippen LogP contribution < -0.4 is 5.32 Å². The molecule has 98 valence electrons. The molecule has 0 bridgehead atoms. The standard InChI is InChI=1S/C12H10ClN3O3/c13-8-3-1-2-4-9(8)15-11(17)6-16-5-10(12(18)19)14-7-16/h1-5,7H,6H2,(H,15,17)(H,18,19). The summed E-state index contributed by atoms with van der Waals surface area (Å²) < 4.78 is 1.38. The Hall–Kier alpha value is -2.34. The molecule has 0 saturated carbocycles. The van der Waals surface area contributed by atoms with E-state index in [1.54, 1.807) is 24.3 Å². The number of aromatic nitrogens is 2. The number of hydrogen-bond donors (Lipinski definition) is 2. The molecular weight excluding hydrogens is 270 g/mol. The SMILES string of the molecule is O=C(Cn1cnc(C(=O)O)c1)Nc1ccccc1Cl. The third-order valence-corrected chi connectivity index (χ3v) is 2.66. The van der Waals surface area contributed by atoms with Crippen LogP contribution in [0.1, 0.15) is 10.5 Å². The molecule has 1 aromatic carbocycles. The first-order valence-electron chi connectivity index (χ1n) is 5.35. The van der Waals surface area contributed by atoms with Gasteiger partial charge in [-0.05, 0) is 12.1 Å². The highest BCUT2D eigenvalue weighted by Gasteiger charge is 2.10. The van der Waals surface area contributed by atoms with Crippen LogP contribution in [0, 0.1) is 0 Å². The number of carboxylic acids is 1. The van der Waals surface area contributed by atoms with Crippen molar-refractivity contribution in [3.05, 3.63) is 47.5 Å². The van der Waals surface area contributed by atoms with E-state index < -0.39 is 5.97 Å². The minimum atomic E-state index is -1.13. The van der Waals surface area contributed by atoms with Gasteiger partial charge in [0, 0.05) is 6.20 Å². The van der Waals surface area contributed by atoms with Gasteiger partial charge in [0.2, 0.25) is 5.91 Å². The number of para-hydroxylation sites is 1. The maximum Gasteiger partial charge on any atom is 0.356 e. The van der Waals surface area contributed by atoms with E-state index in [0.29, 0.717) is 10.7 Å². The molecule has 0 unspecified atom stereocenters. The largest absolute Gasteiger partial charge is 0.476 e. The molecule has 1 aromatic heterocycles. The lowest BCUT2D eigenvalue weighted by Crippen LogP contribution is -2.18. The summed E-state index contributed by atoms with van der Waals surface area (Å²) >= 11 is 5.91. The fourth-order valence-corrected chi connectivity index (χ4v) is 1.66. The summed E-state index contributed by atoms with van der Waals surface area (Å²) in [4.78, 5) is 26.0. The molecule has 0 aliphatic carbocycles. The molecular formula is C12H10ClN3O3. The Morgan fingerprint density at radius 1 is 1.37 bits per heavy atom. The van der Waals surface area contributed by atoms with Crippen molar-refractivity contribution in [2.24, 2.45) is 0 Å². The first-order chi connectivity index (χ1) is 9.06. The van der Waals surface area contributed by atoms with Gasteiger partial charge in [-0.15, -0.1) is 0 Å². The normalized spacial score (nSPS) is 10.2. The van der Waals surface area contributed by atoms with E-state index in [0.717, 1.165) is 0 Å². The zero-order valence-corrected chi connectivity index (χ0v) is 10.5. The number of halogens is 1. The van der Waals surface area contributed by atoms with E-state index in [1.165, 1.54) is 17.1 Å². The predicted molar refractivity (Wildman–Crippen MR) is 69.3 cm³/mol. The maximum absolute atomic E-state index is 11.7. The lowest BCUT2D eigenvalue weighted by atomic mass is 10.3. The van der Waals surface area contributed by atoms with Gasteiger partial charge in [0.25, 0.3) is 0 Å². The monoisotopic (exact) mass is 279 g/mol. The van der Waals surface area contributed by atoms with Crippen molar-refractivity contribution in [1.29, 1.82) is 0 Å². The first-order valence-corrected chi connectivity index (χ1v) is 5.73. The number of aromatic carboxylic acids is 1. The van der Waals surface area contributed by atoms with E-state index in [4.69, 9.17) is 16.7 Å². The zero-order chi connectivity index (χ0) is 13.8. The van der Waals surface area contributed by atoms with Gasteiger partial charge in [0.15, 0.2) is 5.69 Å². The molecule has 19 heavy (non-hydrogen) atoms. The Bertz CT molecular complexity index is 624. The fraction of sp³-hybridized carbons (Fsp3) is 0.0833. The van der Waals surface area contributed by atoms with Crippen LogP contribution in [-0.4, -0.2) is 26.5 Å². The van der Waals surface area contributed by atoms with Gasteiger partial charge >= 0.3 is 5.97 Å². The van der Waals surface area contributed by atoms with E-state index >= 15 is 0 Å². The van der Waals surface area contributed by atoms with Crippen LogP contribution in [0.3, 0.4) is 0 Å². The van der Waals surface area contributed by atoms with Crippen LogP contribution in [0.15, 0.2) is 36.8 Å². The Kier molecular flexibility index (Phi) is 3.82. The van der Waals surface area contributed by atoms with Gasteiger partial charge in [0.05, 0.1) is 17.0 Å². The van der Waals surface area contributed by atoms with Crippen molar-refractivity contribution in [2.75, 3.05) is 5.32 Å². The van der Waals surface area contributed by atoms with Crippen molar-refractivity contribution in [2.45, 2.75) is 6.54 Å². The summed E-state index contributed by atoms with van der Waals surface area (Å²) in [5.41, 5.74) is 0.401. The van der Waals surface area contributed by atoms with Crippen LogP contribution in [0.25, 0.3) is 0 Å². The molecule has 1 heterocycles. The molecule has 2 aromatic rings. The van der Waals surface area contributed by atoms with Crippen molar-refractivity contribution >= 4 is 29.2 Å². The molecule has 0 atom stereocenters. The number of nitrogens with one attached hydrogen (secondary N) is 1. The van der Waals surface area contributed by atoms with E-state index in [9.17, 15) is 9.59 Å². The van der Waals surface area contributed by atoms with Gasteiger partial charge in [-0.2, -0.15) is 0 Å². The number of carbonyl (C=O) groups is 2. The molecule has 0 fully saturated rings. The van der Waals surface area contributed by atoms with Crippen LogP contribution >= 0.6 is 11.6 Å².